The maximum atomic E-state index is 12.3. The molecule has 0 saturated heterocycles. The fourth-order valence-electron chi connectivity index (χ4n) is 2.53. The van der Waals surface area contributed by atoms with Gasteiger partial charge >= 0.3 is 0 Å². The average Bonchev–Trinajstić information content (AvgIpc) is 2.38. The second-order valence-corrected chi connectivity index (χ2v) is 7.05. The predicted molar refractivity (Wildman–Crippen MR) is 73.0 cm³/mol. The van der Waals surface area contributed by atoms with Gasteiger partial charge in [-0.05, 0) is 44.0 Å². The summed E-state index contributed by atoms with van der Waals surface area (Å²) in [7, 11) is -3.50. The van der Waals surface area contributed by atoms with Crippen molar-refractivity contribution in [3.8, 4) is 6.07 Å². The van der Waals surface area contributed by atoms with Crippen LogP contribution < -0.4 is 4.72 Å². The molecule has 0 aliphatic heterocycles. The highest BCUT2D eigenvalue weighted by molar-refractivity contribution is 7.89. The summed E-state index contributed by atoms with van der Waals surface area (Å²) in [4.78, 5) is 0.221. The monoisotopic (exact) mass is 278 g/mol. The van der Waals surface area contributed by atoms with Gasteiger partial charge in [-0.1, -0.05) is 19.3 Å². The topological polar surface area (TPSA) is 70.0 Å². The van der Waals surface area contributed by atoms with Gasteiger partial charge in [0.1, 0.15) is 0 Å². The molecule has 0 unspecified atom stereocenters. The van der Waals surface area contributed by atoms with Gasteiger partial charge < -0.3 is 0 Å². The lowest BCUT2D eigenvalue weighted by Crippen LogP contribution is -2.47. The number of nitriles is 1. The van der Waals surface area contributed by atoms with Crippen LogP contribution in [0, 0.1) is 11.3 Å². The molecule has 0 radical (unpaired) electrons. The van der Waals surface area contributed by atoms with Gasteiger partial charge in [-0.2, -0.15) is 5.26 Å². The molecule has 19 heavy (non-hydrogen) atoms. The molecular formula is C14H18N2O2S. The van der Waals surface area contributed by atoms with E-state index in [1.165, 1.54) is 30.7 Å². The lowest BCUT2D eigenvalue weighted by atomic mass is 9.84. The SMILES string of the molecule is CC1(NS(=O)(=O)c2ccc(C#N)cc2)CCCCC1. The first-order valence-electron chi connectivity index (χ1n) is 6.49. The number of benzene rings is 1. The van der Waals surface area contributed by atoms with Crippen LogP contribution in [0.5, 0.6) is 0 Å². The van der Waals surface area contributed by atoms with Crippen LogP contribution in [0.15, 0.2) is 29.2 Å². The summed E-state index contributed by atoms with van der Waals surface area (Å²) in [6.45, 7) is 1.97. The molecule has 1 saturated carbocycles. The molecule has 0 atom stereocenters. The third-order valence-electron chi connectivity index (χ3n) is 3.63. The van der Waals surface area contributed by atoms with Crippen molar-refractivity contribution < 1.29 is 8.42 Å². The molecule has 1 fully saturated rings. The highest BCUT2D eigenvalue weighted by Gasteiger charge is 2.31. The van der Waals surface area contributed by atoms with E-state index in [1.54, 1.807) is 0 Å². The van der Waals surface area contributed by atoms with Crippen molar-refractivity contribution in [2.75, 3.05) is 0 Å². The van der Waals surface area contributed by atoms with Crippen LogP contribution >= 0.6 is 0 Å². The molecule has 0 heterocycles. The Balaban J connectivity index is 2.19. The first-order valence-corrected chi connectivity index (χ1v) is 7.98. The predicted octanol–water partition coefficient (Wildman–Crippen LogP) is 2.56. The minimum atomic E-state index is -3.50. The fourth-order valence-corrected chi connectivity index (χ4v) is 3.99. The molecular weight excluding hydrogens is 260 g/mol. The number of nitrogens with zero attached hydrogens (tertiary/aromatic N) is 1. The van der Waals surface area contributed by atoms with Crippen LogP contribution in [0.25, 0.3) is 0 Å². The largest absolute Gasteiger partial charge is 0.241 e. The Bertz CT molecular complexity index is 579. The number of hydrogen-bond acceptors (Lipinski definition) is 3. The normalized spacial score (nSPS) is 18.7. The molecule has 0 aromatic heterocycles. The first kappa shape index (κ1) is 14.0. The lowest BCUT2D eigenvalue weighted by Gasteiger charge is -2.34. The van der Waals surface area contributed by atoms with E-state index in [4.69, 9.17) is 5.26 Å². The minimum Gasteiger partial charge on any atom is -0.207 e. The van der Waals surface area contributed by atoms with Gasteiger partial charge in [0.15, 0.2) is 0 Å². The fraction of sp³-hybridized carbons (Fsp3) is 0.500. The molecule has 1 aromatic rings. The summed E-state index contributed by atoms with van der Waals surface area (Å²) in [5, 5.41) is 8.72. The van der Waals surface area contributed by atoms with Crippen molar-refractivity contribution in [3.63, 3.8) is 0 Å². The summed E-state index contributed by atoms with van der Waals surface area (Å²) in [6.07, 6.45) is 5.05. The van der Waals surface area contributed by atoms with Crippen LogP contribution in [0.2, 0.25) is 0 Å². The summed E-state index contributed by atoms with van der Waals surface area (Å²) < 4.78 is 27.4. The molecule has 1 aliphatic rings. The Hall–Kier alpha value is -1.38. The third-order valence-corrected chi connectivity index (χ3v) is 5.29. The Labute approximate surface area is 114 Å². The lowest BCUT2D eigenvalue weighted by molar-refractivity contribution is 0.294. The minimum absolute atomic E-state index is 0.221. The molecule has 5 heteroatoms. The van der Waals surface area contributed by atoms with Crippen LogP contribution in [0.4, 0.5) is 0 Å². The summed E-state index contributed by atoms with van der Waals surface area (Å²) in [5.74, 6) is 0. The summed E-state index contributed by atoms with van der Waals surface area (Å²) in [6, 6.07) is 7.99. The maximum absolute atomic E-state index is 12.3. The van der Waals surface area contributed by atoms with Crippen LogP contribution in [0.1, 0.15) is 44.6 Å². The summed E-state index contributed by atoms with van der Waals surface area (Å²) >= 11 is 0. The van der Waals surface area contributed by atoms with Crippen molar-refractivity contribution in [1.82, 2.24) is 4.72 Å². The van der Waals surface area contributed by atoms with Crippen LogP contribution in [0.3, 0.4) is 0 Å². The zero-order valence-corrected chi connectivity index (χ0v) is 11.8. The molecule has 1 aromatic carbocycles. The van der Waals surface area contributed by atoms with E-state index in [9.17, 15) is 8.42 Å². The molecule has 1 aliphatic carbocycles. The van der Waals surface area contributed by atoms with Crippen molar-refractivity contribution >= 4 is 10.0 Å². The molecule has 102 valence electrons. The number of hydrogen-bond donors (Lipinski definition) is 1. The Kier molecular flexibility index (Phi) is 3.93. The average molecular weight is 278 g/mol. The summed E-state index contributed by atoms with van der Waals surface area (Å²) in [5.41, 5.74) is 0.119. The molecule has 1 N–H and O–H groups in total. The van der Waals surface area contributed by atoms with Gasteiger partial charge in [-0.25, -0.2) is 13.1 Å². The molecule has 0 amide bonds. The van der Waals surface area contributed by atoms with Gasteiger partial charge in [-0.3, -0.25) is 0 Å². The van der Waals surface area contributed by atoms with E-state index in [1.807, 2.05) is 13.0 Å². The van der Waals surface area contributed by atoms with Gasteiger partial charge in [0.05, 0.1) is 16.5 Å². The second-order valence-electron chi connectivity index (χ2n) is 5.36. The van der Waals surface area contributed by atoms with Crippen LogP contribution in [-0.4, -0.2) is 14.0 Å². The second kappa shape index (κ2) is 5.32. The Morgan fingerprint density at radius 3 is 2.26 bits per heavy atom. The molecule has 0 bridgehead atoms. The third kappa shape index (κ3) is 3.34. The van der Waals surface area contributed by atoms with Crippen molar-refractivity contribution in [2.45, 2.75) is 49.5 Å². The number of rotatable bonds is 3. The van der Waals surface area contributed by atoms with E-state index < -0.39 is 10.0 Å². The van der Waals surface area contributed by atoms with E-state index in [-0.39, 0.29) is 10.4 Å². The highest BCUT2D eigenvalue weighted by atomic mass is 32.2. The van der Waals surface area contributed by atoms with Crippen molar-refractivity contribution in [3.05, 3.63) is 29.8 Å². The standard InChI is InChI=1S/C14H18N2O2S/c1-14(9-3-2-4-10-14)16-19(17,18)13-7-5-12(11-15)6-8-13/h5-8,16H,2-4,9-10H2,1H3. The van der Waals surface area contributed by atoms with Gasteiger partial charge in [-0.15, -0.1) is 0 Å². The highest BCUT2D eigenvalue weighted by Crippen LogP contribution is 2.29. The van der Waals surface area contributed by atoms with E-state index in [2.05, 4.69) is 4.72 Å². The molecule has 2 rings (SSSR count). The molecule has 0 spiro atoms. The maximum Gasteiger partial charge on any atom is 0.241 e. The van der Waals surface area contributed by atoms with Crippen molar-refractivity contribution in [1.29, 1.82) is 5.26 Å². The van der Waals surface area contributed by atoms with E-state index in [0.717, 1.165) is 25.7 Å². The van der Waals surface area contributed by atoms with E-state index in [0.29, 0.717) is 5.56 Å². The smallest absolute Gasteiger partial charge is 0.207 e. The Morgan fingerprint density at radius 2 is 1.74 bits per heavy atom. The number of sulfonamides is 1. The van der Waals surface area contributed by atoms with Gasteiger partial charge in [0.25, 0.3) is 0 Å². The first-order chi connectivity index (χ1) is 8.95. The van der Waals surface area contributed by atoms with Gasteiger partial charge in [0, 0.05) is 5.54 Å². The zero-order chi connectivity index (χ0) is 13.9. The van der Waals surface area contributed by atoms with Gasteiger partial charge in [0.2, 0.25) is 10.0 Å². The van der Waals surface area contributed by atoms with Crippen molar-refractivity contribution in [2.24, 2.45) is 0 Å². The quantitative estimate of drug-likeness (QED) is 0.923. The molecule has 4 nitrogen and oxygen atoms in total. The number of nitrogens with one attached hydrogen (secondary N) is 1. The zero-order valence-electron chi connectivity index (χ0n) is 11.0. The van der Waals surface area contributed by atoms with Crippen LogP contribution in [-0.2, 0) is 10.0 Å². The van der Waals surface area contributed by atoms with E-state index >= 15 is 0 Å². The Morgan fingerprint density at radius 1 is 1.16 bits per heavy atom.